The van der Waals surface area contributed by atoms with Crippen LogP contribution in [0, 0.1) is 0 Å². The molecule has 150 valence electrons. The molecule has 13 heteroatoms. The lowest BCUT2D eigenvalue weighted by Crippen LogP contribution is -2.50. The number of nitrogens with two attached hydrogens (primary N) is 1. The van der Waals surface area contributed by atoms with Gasteiger partial charge in [0.2, 0.25) is 23.6 Å². The fourth-order valence-electron chi connectivity index (χ4n) is 1.99. The minimum Gasteiger partial charge on any atom is -0.480 e. The highest BCUT2D eigenvalue weighted by molar-refractivity contribution is 7.98. The molecule has 1 fully saturated rings. The van der Waals surface area contributed by atoms with E-state index in [1.807, 2.05) is 0 Å². The summed E-state index contributed by atoms with van der Waals surface area (Å²) >= 11 is 0.735. The molecule has 1 heterocycles. The van der Waals surface area contributed by atoms with E-state index in [-0.39, 0.29) is 31.4 Å². The molecule has 1 saturated heterocycles. The first-order valence-corrected chi connectivity index (χ1v) is 8.82. The normalized spacial score (nSPS) is 16.0. The summed E-state index contributed by atoms with van der Waals surface area (Å²) in [7, 11) is 0. The summed E-state index contributed by atoms with van der Waals surface area (Å²) in [5, 5.41) is 21.7. The quantitative estimate of drug-likeness (QED) is 0.184. The predicted molar refractivity (Wildman–Crippen MR) is 91.0 cm³/mol. The topological polar surface area (TPSA) is 196 Å². The van der Waals surface area contributed by atoms with Crippen molar-refractivity contribution in [3.05, 3.63) is 0 Å². The molecule has 0 saturated carbocycles. The third kappa shape index (κ3) is 7.62. The summed E-state index contributed by atoms with van der Waals surface area (Å²) in [6, 6.07) is -2.48. The molecule has 0 aromatic carbocycles. The van der Waals surface area contributed by atoms with Crippen molar-refractivity contribution in [2.45, 2.75) is 37.8 Å². The van der Waals surface area contributed by atoms with Crippen LogP contribution in [0.4, 0.5) is 0 Å². The second kappa shape index (κ2) is 10.5. The van der Waals surface area contributed by atoms with E-state index < -0.39 is 54.2 Å². The molecule has 1 aliphatic heterocycles. The highest BCUT2D eigenvalue weighted by Gasteiger charge is 2.32. The maximum Gasteiger partial charge on any atom is 0.322 e. The molecule has 12 nitrogen and oxygen atoms in total. The van der Waals surface area contributed by atoms with E-state index in [1.165, 1.54) is 0 Å². The van der Waals surface area contributed by atoms with Gasteiger partial charge in [-0.2, -0.15) is 0 Å². The fraction of sp³-hybridized carbons (Fsp3) is 0.571. The van der Waals surface area contributed by atoms with Gasteiger partial charge in [-0.15, -0.1) is 0 Å². The number of nitrogens with zero attached hydrogens (tertiary/aromatic N) is 1. The van der Waals surface area contributed by atoms with E-state index in [4.69, 9.17) is 15.9 Å². The van der Waals surface area contributed by atoms with Crippen LogP contribution in [-0.4, -0.2) is 74.5 Å². The van der Waals surface area contributed by atoms with E-state index in [0.717, 1.165) is 16.3 Å². The van der Waals surface area contributed by atoms with Crippen LogP contribution in [0.15, 0.2) is 0 Å². The Balaban J connectivity index is 2.66. The van der Waals surface area contributed by atoms with Gasteiger partial charge in [0.05, 0.1) is 0 Å². The van der Waals surface area contributed by atoms with Crippen LogP contribution in [0.25, 0.3) is 0 Å². The Morgan fingerprint density at radius 1 is 1.15 bits per heavy atom. The predicted octanol–water partition coefficient (Wildman–Crippen LogP) is -2.34. The summed E-state index contributed by atoms with van der Waals surface area (Å²) in [6.45, 7) is -0.679. The largest absolute Gasteiger partial charge is 0.480 e. The third-order valence-electron chi connectivity index (χ3n) is 3.44. The van der Waals surface area contributed by atoms with Crippen molar-refractivity contribution in [2.24, 2.45) is 5.73 Å². The summed E-state index contributed by atoms with van der Waals surface area (Å²) in [5.74, 6) is -5.11. The van der Waals surface area contributed by atoms with Gasteiger partial charge in [0.25, 0.3) is 0 Å². The van der Waals surface area contributed by atoms with Crippen molar-refractivity contribution in [2.75, 3.05) is 12.3 Å². The maximum absolute atomic E-state index is 12.1. The zero-order valence-corrected chi connectivity index (χ0v) is 15.0. The minimum atomic E-state index is -1.29. The van der Waals surface area contributed by atoms with Crippen LogP contribution in [0.3, 0.4) is 0 Å². The second-order valence-electron chi connectivity index (χ2n) is 5.59. The Morgan fingerprint density at radius 3 is 2.26 bits per heavy atom. The highest BCUT2D eigenvalue weighted by Crippen LogP contribution is 2.22. The van der Waals surface area contributed by atoms with Gasteiger partial charge in [0.1, 0.15) is 18.6 Å². The lowest BCUT2D eigenvalue weighted by Gasteiger charge is -2.20. The molecule has 27 heavy (non-hydrogen) atoms. The molecular weight excluding hydrogens is 384 g/mol. The third-order valence-corrected chi connectivity index (χ3v) is 4.59. The molecule has 0 unspecified atom stereocenters. The molecular formula is C14H20N4O8S. The zero-order valence-electron chi connectivity index (χ0n) is 14.2. The number of hydrogen-bond acceptors (Lipinski definition) is 8. The Labute approximate surface area is 157 Å². The number of imide groups is 1. The first kappa shape index (κ1) is 22.4. The maximum atomic E-state index is 12.1. The van der Waals surface area contributed by atoms with Crippen LogP contribution < -0.4 is 16.4 Å². The van der Waals surface area contributed by atoms with Gasteiger partial charge >= 0.3 is 11.9 Å². The molecule has 1 rings (SSSR count). The first-order valence-electron chi connectivity index (χ1n) is 7.87. The average molecular weight is 404 g/mol. The molecule has 0 radical (unpaired) electrons. The number of rotatable bonds is 11. The Morgan fingerprint density at radius 2 is 1.74 bits per heavy atom. The zero-order chi connectivity index (χ0) is 20.6. The van der Waals surface area contributed by atoms with Gasteiger partial charge in [-0.3, -0.25) is 28.8 Å². The fourth-order valence-corrected chi connectivity index (χ4v) is 3.00. The van der Waals surface area contributed by atoms with Crippen molar-refractivity contribution in [3.63, 3.8) is 0 Å². The number of carbonyl (C=O) groups is 6. The molecule has 0 aromatic rings. The lowest BCUT2D eigenvalue weighted by molar-refractivity contribution is -0.139. The smallest absolute Gasteiger partial charge is 0.322 e. The molecule has 0 aromatic heterocycles. The van der Waals surface area contributed by atoms with Gasteiger partial charge in [-0.05, 0) is 18.4 Å². The van der Waals surface area contributed by atoms with Crippen LogP contribution in [0.1, 0.15) is 25.7 Å². The number of nitrogens with one attached hydrogen (secondary N) is 2. The molecule has 2 atom stereocenters. The molecule has 4 amide bonds. The standard InChI is InChI=1S/C14H20N4O8S/c15-7(14(25)26)1-2-9(19)17-8(13(24)16-5-12(22)23)6-27-18-10(20)3-4-11(18)21/h7-8H,1-6,15H2,(H,16,24)(H,17,19)(H,22,23)(H,25,26)/t7-,8-/m0/s1. The highest BCUT2D eigenvalue weighted by atomic mass is 32.2. The molecule has 0 aliphatic carbocycles. The van der Waals surface area contributed by atoms with Crippen molar-refractivity contribution in [3.8, 4) is 0 Å². The van der Waals surface area contributed by atoms with Crippen molar-refractivity contribution in [1.29, 1.82) is 0 Å². The van der Waals surface area contributed by atoms with Crippen LogP contribution in [0.5, 0.6) is 0 Å². The summed E-state index contributed by atoms with van der Waals surface area (Å²) < 4.78 is 0.893. The van der Waals surface area contributed by atoms with Crippen LogP contribution in [0.2, 0.25) is 0 Å². The monoisotopic (exact) mass is 404 g/mol. The van der Waals surface area contributed by atoms with Gasteiger partial charge in [0.15, 0.2) is 0 Å². The van der Waals surface area contributed by atoms with Gasteiger partial charge in [-0.25, -0.2) is 4.31 Å². The van der Waals surface area contributed by atoms with E-state index in [2.05, 4.69) is 10.6 Å². The Hall–Kier alpha value is -2.67. The van der Waals surface area contributed by atoms with Gasteiger partial charge in [-0.1, -0.05) is 0 Å². The van der Waals surface area contributed by atoms with Crippen LogP contribution >= 0.6 is 11.9 Å². The number of amides is 4. The number of aliphatic carboxylic acids is 2. The number of carbonyl (C=O) groups excluding carboxylic acids is 4. The molecule has 0 spiro atoms. The van der Waals surface area contributed by atoms with Crippen molar-refractivity contribution < 1.29 is 39.0 Å². The lowest BCUT2D eigenvalue weighted by atomic mass is 10.1. The SMILES string of the molecule is N[C@@H](CCC(=O)N[C@@H](CSN1C(=O)CCC1=O)C(=O)NCC(=O)O)C(=O)O. The van der Waals surface area contributed by atoms with E-state index >= 15 is 0 Å². The molecule has 1 aliphatic rings. The summed E-state index contributed by atoms with van der Waals surface area (Å²) in [4.78, 5) is 68.4. The Kier molecular flexibility index (Phi) is 8.68. The summed E-state index contributed by atoms with van der Waals surface area (Å²) in [5.41, 5.74) is 5.30. The number of hydrogen-bond donors (Lipinski definition) is 5. The van der Waals surface area contributed by atoms with E-state index in [1.54, 1.807) is 0 Å². The second-order valence-corrected chi connectivity index (χ2v) is 6.55. The van der Waals surface area contributed by atoms with Crippen molar-refractivity contribution in [1.82, 2.24) is 14.9 Å². The first-order chi connectivity index (χ1) is 12.6. The van der Waals surface area contributed by atoms with Gasteiger partial charge in [0, 0.05) is 25.0 Å². The minimum absolute atomic E-state index is 0.0567. The number of carboxylic acids is 2. The number of carboxylic acid groups (broad SMARTS) is 2. The van der Waals surface area contributed by atoms with Crippen LogP contribution in [-0.2, 0) is 28.8 Å². The van der Waals surface area contributed by atoms with E-state index in [9.17, 15) is 28.8 Å². The Bertz CT molecular complexity index is 625. The van der Waals surface area contributed by atoms with Crippen molar-refractivity contribution >= 4 is 47.5 Å². The van der Waals surface area contributed by atoms with Gasteiger partial charge < -0.3 is 26.6 Å². The average Bonchev–Trinajstić information content (AvgIpc) is 2.92. The summed E-state index contributed by atoms with van der Waals surface area (Å²) in [6.07, 6.45) is -0.328. The van der Waals surface area contributed by atoms with E-state index in [0.29, 0.717) is 0 Å². The molecule has 0 bridgehead atoms. The molecule has 6 N–H and O–H groups in total.